The molecule has 0 amide bonds. The maximum Gasteiger partial charge on any atom is 0.144 e. The van der Waals surface area contributed by atoms with Gasteiger partial charge in [-0.1, -0.05) is 26.0 Å². The Bertz CT molecular complexity index is 200. The molecular weight excluding hydrogens is 140 g/mol. The topological polar surface area (TPSA) is 26.3 Å². The van der Waals surface area contributed by atoms with E-state index in [-0.39, 0.29) is 24.0 Å². The van der Waals surface area contributed by atoms with Crippen LogP contribution in [0.3, 0.4) is 0 Å². The predicted molar refractivity (Wildman–Crippen MR) is 41.1 cm³/mol. The molecule has 0 saturated carbocycles. The molecule has 0 radical (unpaired) electrons. The number of fused-ring (bicyclic) bond motifs is 2. The standard InChI is InChI=1S/C9H12O2/c1-5-7-3-4-8(11-7)6(2)9(5)10/h3-8H,1-2H3/t5?,6?,7-,8+. The van der Waals surface area contributed by atoms with Gasteiger partial charge in [-0.2, -0.15) is 0 Å². The van der Waals surface area contributed by atoms with Crippen LogP contribution in [0.5, 0.6) is 0 Å². The Kier molecular flexibility index (Phi) is 1.39. The number of Topliss-reactive ketones (excluding diaryl/α,β-unsaturated/α-hetero) is 1. The van der Waals surface area contributed by atoms with Gasteiger partial charge in [0.2, 0.25) is 0 Å². The van der Waals surface area contributed by atoms with Gasteiger partial charge in [0.1, 0.15) is 5.78 Å². The zero-order chi connectivity index (χ0) is 8.01. The van der Waals surface area contributed by atoms with Crippen LogP contribution in [0.4, 0.5) is 0 Å². The van der Waals surface area contributed by atoms with Crippen LogP contribution in [0.25, 0.3) is 0 Å². The highest BCUT2D eigenvalue weighted by atomic mass is 16.5. The number of hydrogen-bond donors (Lipinski definition) is 0. The maximum atomic E-state index is 11.5. The molecular formula is C9H12O2. The van der Waals surface area contributed by atoms with Crippen molar-refractivity contribution in [3.63, 3.8) is 0 Å². The van der Waals surface area contributed by atoms with Gasteiger partial charge in [-0.25, -0.2) is 0 Å². The quantitative estimate of drug-likeness (QED) is 0.487. The van der Waals surface area contributed by atoms with Crippen molar-refractivity contribution in [3.8, 4) is 0 Å². The Balaban J connectivity index is 2.29. The summed E-state index contributed by atoms with van der Waals surface area (Å²) in [6, 6.07) is 0. The van der Waals surface area contributed by atoms with Crippen molar-refractivity contribution in [1.29, 1.82) is 0 Å². The Morgan fingerprint density at radius 1 is 1.18 bits per heavy atom. The fraction of sp³-hybridized carbons (Fsp3) is 0.667. The lowest BCUT2D eigenvalue weighted by Gasteiger charge is -2.30. The fourth-order valence-corrected chi connectivity index (χ4v) is 1.80. The zero-order valence-electron chi connectivity index (χ0n) is 6.78. The normalized spacial score (nSPS) is 48.4. The molecule has 0 aliphatic carbocycles. The molecule has 2 heteroatoms. The van der Waals surface area contributed by atoms with Crippen molar-refractivity contribution in [2.24, 2.45) is 11.8 Å². The molecule has 60 valence electrons. The maximum absolute atomic E-state index is 11.5. The van der Waals surface area contributed by atoms with Gasteiger partial charge in [-0.15, -0.1) is 0 Å². The molecule has 2 unspecified atom stereocenters. The first-order chi connectivity index (χ1) is 5.20. The van der Waals surface area contributed by atoms with Crippen LogP contribution >= 0.6 is 0 Å². The average molecular weight is 152 g/mol. The van der Waals surface area contributed by atoms with Crippen LogP contribution in [0.2, 0.25) is 0 Å². The van der Waals surface area contributed by atoms with E-state index < -0.39 is 0 Å². The van der Waals surface area contributed by atoms with Crippen molar-refractivity contribution in [1.82, 2.24) is 0 Å². The van der Waals surface area contributed by atoms with Crippen LogP contribution in [-0.2, 0) is 9.53 Å². The van der Waals surface area contributed by atoms with Gasteiger partial charge in [0.05, 0.1) is 12.2 Å². The summed E-state index contributed by atoms with van der Waals surface area (Å²) >= 11 is 0. The van der Waals surface area contributed by atoms with Gasteiger partial charge in [0.15, 0.2) is 0 Å². The number of carbonyl (C=O) groups is 1. The first-order valence-electron chi connectivity index (χ1n) is 4.07. The van der Waals surface area contributed by atoms with Crippen molar-refractivity contribution in [2.45, 2.75) is 26.1 Å². The summed E-state index contributed by atoms with van der Waals surface area (Å²) in [6.07, 6.45) is 4.14. The van der Waals surface area contributed by atoms with E-state index in [1.807, 2.05) is 26.0 Å². The predicted octanol–water partition coefficient (Wildman–Crippen LogP) is 1.16. The summed E-state index contributed by atoms with van der Waals surface area (Å²) in [5.74, 6) is 0.455. The molecule has 2 bridgehead atoms. The van der Waals surface area contributed by atoms with Crippen LogP contribution in [-0.4, -0.2) is 18.0 Å². The second-order valence-corrected chi connectivity index (χ2v) is 3.43. The van der Waals surface area contributed by atoms with Crippen LogP contribution in [0.15, 0.2) is 12.2 Å². The van der Waals surface area contributed by atoms with E-state index in [0.29, 0.717) is 5.78 Å². The summed E-state index contributed by atoms with van der Waals surface area (Å²) in [7, 11) is 0. The van der Waals surface area contributed by atoms with E-state index in [2.05, 4.69) is 0 Å². The molecule has 2 nitrogen and oxygen atoms in total. The van der Waals surface area contributed by atoms with E-state index in [0.717, 1.165) is 0 Å². The van der Waals surface area contributed by atoms with E-state index in [4.69, 9.17) is 4.74 Å². The van der Waals surface area contributed by atoms with E-state index in [9.17, 15) is 4.79 Å². The molecule has 1 saturated heterocycles. The molecule has 2 aliphatic rings. The van der Waals surface area contributed by atoms with Crippen LogP contribution < -0.4 is 0 Å². The van der Waals surface area contributed by atoms with Crippen molar-refractivity contribution < 1.29 is 9.53 Å². The van der Waals surface area contributed by atoms with Gasteiger partial charge in [0, 0.05) is 11.8 Å². The molecule has 0 aromatic carbocycles. The van der Waals surface area contributed by atoms with Gasteiger partial charge in [0.25, 0.3) is 0 Å². The summed E-state index contributed by atoms with van der Waals surface area (Å²) in [4.78, 5) is 11.5. The SMILES string of the molecule is CC1C(=O)C(C)[C@H]2C=C[C@@H]1O2. The third-order valence-corrected chi connectivity index (χ3v) is 2.69. The second-order valence-electron chi connectivity index (χ2n) is 3.43. The van der Waals surface area contributed by atoms with Gasteiger partial charge < -0.3 is 4.74 Å². The van der Waals surface area contributed by atoms with Gasteiger partial charge >= 0.3 is 0 Å². The summed E-state index contributed by atoms with van der Waals surface area (Å²) in [5, 5.41) is 0. The lowest BCUT2D eigenvalue weighted by atomic mass is 9.88. The van der Waals surface area contributed by atoms with Gasteiger partial charge in [-0.3, -0.25) is 4.79 Å². The Morgan fingerprint density at radius 2 is 1.64 bits per heavy atom. The monoisotopic (exact) mass is 152 g/mol. The molecule has 2 heterocycles. The Labute approximate surface area is 66.2 Å². The van der Waals surface area contributed by atoms with Crippen LogP contribution in [0, 0.1) is 11.8 Å². The highest BCUT2D eigenvalue weighted by molar-refractivity contribution is 5.85. The minimum atomic E-state index is 0.0556. The zero-order valence-corrected chi connectivity index (χ0v) is 6.78. The Morgan fingerprint density at radius 3 is 2.09 bits per heavy atom. The fourth-order valence-electron chi connectivity index (χ4n) is 1.80. The largest absolute Gasteiger partial charge is 0.365 e. The molecule has 0 aromatic rings. The number of carbonyl (C=O) groups excluding carboxylic acids is 1. The van der Waals surface area contributed by atoms with Crippen molar-refractivity contribution >= 4 is 5.78 Å². The first-order valence-corrected chi connectivity index (χ1v) is 4.07. The minimum absolute atomic E-state index is 0.0556. The summed E-state index contributed by atoms with van der Waals surface area (Å²) in [6.45, 7) is 3.88. The highest BCUT2D eigenvalue weighted by Crippen LogP contribution is 2.32. The molecule has 1 fully saturated rings. The third-order valence-electron chi connectivity index (χ3n) is 2.69. The highest BCUT2D eigenvalue weighted by Gasteiger charge is 2.41. The summed E-state index contributed by atoms with van der Waals surface area (Å²) < 4.78 is 5.56. The average Bonchev–Trinajstić information content (AvgIpc) is 2.44. The van der Waals surface area contributed by atoms with E-state index >= 15 is 0 Å². The molecule has 0 aromatic heterocycles. The molecule has 2 aliphatic heterocycles. The van der Waals surface area contributed by atoms with E-state index in [1.54, 1.807) is 0 Å². The number of ketones is 1. The molecule has 11 heavy (non-hydrogen) atoms. The number of ether oxygens (including phenoxy) is 1. The smallest absolute Gasteiger partial charge is 0.144 e. The third kappa shape index (κ3) is 0.857. The Hall–Kier alpha value is -0.630. The number of rotatable bonds is 0. The van der Waals surface area contributed by atoms with Gasteiger partial charge in [-0.05, 0) is 0 Å². The molecule has 4 atom stereocenters. The minimum Gasteiger partial charge on any atom is -0.365 e. The van der Waals surface area contributed by atoms with Crippen molar-refractivity contribution in [3.05, 3.63) is 12.2 Å². The molecule has 0 spiro atoms. The first kappa shape index (κ1) is 7.04. The second kappa shape index (κ2) is 2.18. The molecule has 0 N–H and O–H groups in total. The van der Waals surface area contributed by atoms with E-state index in [1.165, 1.54) is 0 Å². The molecule has 2 rings (SSSR count). The van der Waals surface area contributed by atoms with Crippen LogP contribution in [0.1, 0.15) is 13.8 Å². The summed E-state index contributed by atoms with van der Waals surface area (Å²) in [5.41, 5.74) is 0. The lowest BCUT2D eigenvalue weighted by molar-refractivity contribution is -0.142. The lowest BCUT2D eigenvalue weighted by Crippen LogP contribution is -2.40. The van der Waals surface area contributed by atoms with Crippen molar-refractivity contribution in [2.75, 3.05) is 0 Å². The number of hydrogen-bond acceptors (Lipinski definition) is 2.